The van der Waals surface area contributed by atoms with Crippen LogP contribution in [0.15, 0.2) is 66.9 Å². The minimum Gasteiger partial charge on any atom is -0.487 e. The fourth-order valence-corrected chi connectivity index (χ4v) is 3.09. The molecule has 0 aliphatic carbocycles. The summed E-state index contributed by atoms with van der Waals surface area (Å²) in [4.78, 5) is 4.55. The predicted octanol–water partition coefficient (Wildman–Crippen LogP) is 5.58. The number of pyridine rings is 1. The van der Waals surface area contributed by atoms with Crippen molar-refractivity contribution < 1.29 is 4.74 Å². The van der Waals surface area contributed by atoms with E-state index in [1.54, 1.807) is 0 Å². The molecule has 118 valence electrons. The summed E-state index contributed by atoms with van der Waals surface area (Å²) in [5, 5.41) is 4.70. The van der Waals surface area contributed by atoms with Gasteiger partial charge < -0.3 is 4.74 Å². The summed E-state index contributed by atoms with van der Waals surface area (Å²) >= 11 is 0. The first kappa shape index (κ1) is 14.7. The number of benzene rings is 3. The number of hydrogen-bond acceptors (Lipinski definition) is 2. The van der Waals surface area contributed by atoms with Gasteiger partial charge in [0.25, 0.3) is 0 Å². The number of hydrogen-bond donors (Lipinski definition) is 0. The summed E-state index contributed by atoms with van der Waals surface area (Å²) in [6.45, 7) is 4.74. The summed E-state index contributed by atoms with van der Waals surface area (Å²) in [5.41, 5.74) is 3.56. The van der Waals surface area contributed by atoms with Crippen LogP contribution in [0.5, 0.6) is 5.75 Å². The zero-order valence-electron chi connectivity index (χ0n) is 13.9. The van der Waals surface area contributed by atoms with Crippen molar-refractivity contribution in [1.82, 2.24) is 4.98 Å². The van der Waals surface area contributed by atoms with E-state index in [0.717, 1.165) is 16.8 Å². The molecule has 0 fully saturated rings. The van der Waals surface area contributed by atoms with Gasteiger partial charge >= 0.3 is 0 Å². The molecule has 0 radical (unpaired) electrons. The Labute approximate surface area is 141 Å². The van der Waals surface area contributed by atoms with E-state index in [1.165, 1.54) is 27.3 Å². The van der Waals surface area contributed by atoms with E-state index in [-0.39, 0.29) is 0 Å². The van der Waals surface area contributed by atoms with Crippen molar-refractivity contribution in [2.24, 2.45) is 0 Å². The zero-order valence-corrected chi connectivity index (χ0v) is 13.9. The van der Waals surface area contributed by atoms with Crippen molar-refractivity contribution in [2.45, 2.75) is 20.5 Å². The fourth-order valence-electron chi connectivity index (χ4n) is 3.09. The highest BCUT2D eigenvalue weighted by molar-refractivity contribution is 5.88. The molecule has 0 saturated carbocycles. The van der Waals surface area contributed by atoms with E-state index in [4.69, 9.17) is 4.74 Å². The summed E-state index contributed by atoms with van der Waals surface area (Å²) in [6.07, 6.45) is 1.86. The van der Waals surface area contributed by atoms with Crippen molar-refractivity contribution in [2.75, 3.05) is 0 Å². The molecule has 24 heavy (non-hydrogen) atoms. The van der Waals surface area contributed by atoms with Crippen LogP contribution in [0.4, 0.5) is 0 Å². The molecule has 0 spiro atoms. The lowest BCUT2D eigenvalue weighted by Crippen LogP contribution is -2.00. The average molecular weight is 313 g/mol. The maximum Gasteiger partial charge on any atom is 0.131 e. The standard InChI is InChI=1S/C22H19NO/c1-15-12-18-10-11-23-21(20(18)13-16(15)2)14-24-22-9-5-7-17-6-3-4-8-19(17)22/h3-13H,14H2,1-2H3. The number of rotatable bonds is 3. The Morgan fingerprint density at radius 2 is 1.58 bits per heavy atom. The summed E-state index contributed by atoms with van der Waals surface area (Å²) in [6, 6.07) is 20.9. The highest BCUT2D eigenvalue weighted by Gasteiger charge is 2.07. The molecule has 0 aliphatic rings. The van der Waals surface area contributed by atoms with Gasteiger partial charge in [-0.15, -0.1) is 0 Å². The van der Waals surface area contributed by atoms with Gasteiger partial charge in [0.2, 0.25) is 0 Å². The monoisotopic (exact) mass is 313 g/mol. The van der Waals surface area contributed by atoms with Crippen LogP contribution in [0, 0.1) is 13.8 Å². The topological polar surface area (TPSA) is 22.1 Å². The maximum atomic E-state index is 6.12. The number of fused-ring (bicyclic) bond motifs is 2. The van der Waals surface area contributed by atoms with Gasteiger partial charge in [0, 0.05) is 17.0 Å². The Kier molecular flexibility index (Phi) is 3.66. The van der Waals surface area contributed by atoms with E-state index in [1.807, 2.05) is 30.5 Å². The van der Waals surface area contributed by atoms with Crippen molar-refractivity contribution in [3.63, 3.8) is 0 Å². The molecule has 1 heterocycles. The molecule has 0 saturated heterocycles. The quantitative estimate of drug-likeness (QED) is 0.492. The number of aryl methyl sites for hydroxylation is 2. The highest BCUT2D eigenvalue weighted by Crippen LogP contribution is 2.27. The molecule has 0 unspecified atom stereocenters. The Morgan fingerprint density at radius 3 is 2.50 bits per heavy atom. The summed E-state index contributed by atoms with van der Waals surface area (Å²) in [7, 11) is 0. The van der Waals surface area contributed by atoms with Gasteiger partial charge in [0.15, 0.2) is 0 Å². The number of ether oxygens (including phenoxy) is 1. The third-order valence-electron chi connectivity index (χ3n) is 4.58. The predicted molar refractivity (Wildman–Crippen MR) is 99.5 cm³/mol. The largest absolute Gasteiger partial charge is 0.487 e. The first-order chi connectivity index (χ1) is 11.7. The number of aromatic nitrogens is 1. The average Bonchev–Trinajstić information content (AvgIpc) is 2.61. The second-order valence-electron chi connectivity index (χ2n) is 6.18. The molecular formula is C22H19NO. The van der Waals surface area contributed by atoms with Crippen molar-refractivity contribution in [1.29, 1.82) is 0 Å². The van der Waals surface area contributed by atoms with Gasteiger partial charge in [-0.25, -0.2) is 0 Å². The Bertz CT molecular complexity index is 1030. The zero-order chi connectivity index (χ0) is 16.5. The highest BCUT2D eigenvalue weighted by atomic mass is 16.5. The Morgan fingerprint density at radius 1 is 0.792 bits per heavy atom. The molecule has 0 N–H and O–H groups in total. The van der Waals surface area contributed by atoms with E-state index >= 15 is 0 Å². The van der Waals surface area contributed by atoms with Gasteiger partial charge in [-0.2, -0.15) is 0 Å². The van der Waals surface area contributed by atoms with E-state index < -0.39 is 0 Å². The lowest BCUT2D eigenvalue weighted by molar-refractivity contribution is 0.307. The maximum absolute atomic E-state index is 6.12. The van der Waals surface area contributed by atoms with Gasteiger partial charge in [-0.1, -0.05) is 42.5 Å². The van der Waals surface area contributed by atoms with Crippen LogP contribution in [-0.2, 0) is 6.61 Å². The minimum absolute atomic E-state index is 0.466. The van der Waals surface area contributed by atoms with Crippen LogP contribution >= 0.6 is 0 Å². The molecule has 4 rings (SSSR count). The normalized spacial score (nSPS) is 11.1. The van der Waals surface area contributed by atoms with Crippen LogP contribution < -0.4 is 4.74 Å². The lowest BCUT2D eigenvalue weighted by atomic mass is 10.0. The molecule has 0 amide bonds. The van der Waals surface area contributed by atoms with Gasteiger partial charge in [0.1, 0.15) is 12.4 Å². The molecule has 2 nitrogen and oxygen atoms in total. The van der Waals surface area contributed by atoms with Crippen molar-refractivity contribution >= 4 is 21.5 Å². The molecule has 4 aromatic rings. The third kappa shape index (κ3) is 2.61. The van der Waals surface area contributed by atoms with E-state index in [0.29, 0.717) is 6.61 Å². The van der Waals surface area contributed by atoms with Gasteiger partial charge in [0.05, 0.1) is 5.69 Å². The fraction of sp³-hybridized carbons (Fsp3) is 0.136. The van der Waals surface area contributed by atoms with Crippen molar-refractivity contribution in [3.05, 3.63) is 83.7 Å². The first-order valence-electron chi connectivity index (χ1n) is 8.18. The van der Waals surface area contributed by atoms with E-state index in [2.05, 4.69) is 55.2 Å². The molecule has 3 aromatic carbocycles. The van der Waals surface area contributed by atoms with Crippen LogP contribution in [-0.4, -0.2) is 4.98 Å². The molecule has 0 atom stereocenters. The van der Waals surface area contributed by atoms with Crippen molar-refractivity contribution in [3.8, 4) is 5.75 Å². The second-order valence-corrected chi connectivity index (χ2v) is 6.18. The SMILES string of the molecule is Cc1cc2ccnc(COc3cccc4ccccc34)c2cc1C. The molecule has 1 aromatic heterocycles. The van der Waals surface area contributed by atoms with Crippen LogP contribution in [0.1, 0.15) is 16.8 Å². The first-order valence-corrected chi connectivity index (χ1v) is 8.18. The van der Waals surface area contributed by atoms with Gasteiger partial charge in [-0.05, 0) is 53.9 Å². The van der Waals surface area contributed by atoms with E-state index in [9.17, 15) is 0 Å². The van der Waals surface area contributed by atoms with Crippen LogP contribution in [0.3, 0.4) is 0 Å². The summed E-state index contributed by atoms with van der Waals surface area (Å²) in [5.74, 6) is 0.899. The van der Waals surface area contributed by atoms with Crippen LogP contribution in [0.25, 0.3) is 21.5 Å². The molecule has 0 aliphatic heterocycles. The molecule has 2 heteroatoms. The second kappa shape index (κ2) is 5.97. The lowest BCUT2D eigenvalue weighted by Gasteiger charge is -2.12. The van der Waals surface area contributed by atoms with Crippen LogP contribution in [0.2, 0.25) is 0 Å². The smallest absolute Gasteiger partial charge is 0.131 e. The summed E-state index contributed by atoms with van der Waals surface area (Å²) < 4.78 is 6.12. The third-order valence-corrected chi connectivity index (χ3v) is 4.58. The number of nitrogens with zero attached hydrogens (tertiary/aromatic N) is 1. The minimum atomic E-state index is 0.466. The molecule has 0 bridgehead atoms. The Hall–Kier alpha value is -2.87. The molecular weight excluding hydrogens is 294 g/mol. The Balaban J connectivity index is 1.71. The van der Waals surface area contributed by atoms with Gasteiger partial charge in [-0.3, -0.25) is 4.98 Å².